The van der Waals surface area contributed by atoms with Crippen LogP contribution in [0.5, 0.6) is 0 Å². The van der Waals surface area contributed by atoms with Crippen LogP contribution in [0.3, 0.4) is 0 Å². The van der Waals surface area contributed by atoms with E-state index in [2.05, 4.69) is 5.32 Å². The normalized spacial score (nSPS) is 10.9. The molecular formula is C27H25N3O3S. The highest BCUT2D eigenvalue weighted by Gasteiger charge is 2.15. The molecule has 0 aliphatic heterocycles. The summed E-state index contributed by atoms with van der Waals surface area (Å²) in [6.45, 7) is 4.17. The van der Waals surface area contributed by atoms with Gasteiger partial charge in [0.15, 0.2) is 10.9 Å². The molecule has 0 saturated heterocycles. The first kappa shape index (κ1) is 23.4. The fourth-order valence-corrected chi connectivity index (χ4v) is 4.37. The topological polar surface area (TPSA) is 81.1 Å². The van der Waals surface area contributed by atoms with Crippen LogP contribution >= 0.6 is 11.8 Å². The number of aromatic nitrogens is 2. The molecule has 0 aliphatic carbocycles. The maximum Gasteiger partial charge on any atom is 0.262 e. The molecule has 7 heteroatoms. The second kappa shape index (κ2) is 10.5. The first-order valence-electron chi connectivity index (χ1n) is 11.1. The molecule has 6 nitrogen and oxygen atoms in total. The summed E-state index contributed by atoms with van der Waals surface area (Å²) in [5.41, 5.74) is 3.81. The Kier molecular flexibility index (Phi) is 7.23. The lowest BCUT2D eigenvalue weighted by Gasteiger charge is -2.13. The van der Waals surface area contributed by atoms with Crippen molar-refractivity contribution in [3.8, 4) is 0 Å². The summed E-state index contributed by atoms with van der Waals surface area (Å²) in [7, 11) is 0. The van der Waals surface area contributed by atoms with E-state index in [1.165, 1.54) is 11.8 Å². The van der Waals surface area contributed by atoms with Gasteiger partial charge in [0.25, 0.3) is 5.56 Å². The number of anilines is 1. The van der Waals surface area contributed by atoms with Crippen molar-refractivity contribution in [2.75, 3.05) is 11.1 Å². The molecular weight excluding hydrogens is 446 g/mol. The Hall–Kier alpha value is -3.71. The predicted octanol–water partition coefficient (Wildman–Crippen LogP) is 5.08. The number of nitrogens with zero attached hydrogens (tertiary/aromatic N) is 2. The number of carbonyl (C=O) groups excluding carboxylic acids is 2. The number of thioether (sulfide) groups is 1. The minimum atomic E-state index is -0.128. The molecule has 0 unspecified atom stereocenters. The smallest absolute Gasteiger partial charge is 0.262 e. The van der Waals surface area contributed by atoms with Crippen LogP contribution < -0.4 is 10.9 Å². The minimum absolute atomic E-state index is 0.0800. The van der Waals surface area contributed by atoms with Gasteiger partial charge in [0.1, 0.15) is 0 Å². The molecule has 172 valence electrons. The van der Waals surface area contributed by atoms with E-state index in [1.54, 1.807) is 41.8 Å². The lowest BCUT2D eigenvalue weighted by Crippen LogP contribution is -2.24. The summed E-state index contributed by atoms with van der Waals surface area (Å²) in [6.07, 6.45) is 0.389. The van der Waals surface area contributed by atoms with Crippen LogP contribution in [0.1, 0.15) is 34.8 Å². The summed E-state index contributed by atoms with van der Waals surface area (Å²) >= 11 is 1.25. The summed E-state index contributed by atoms with van der Waals surface area (Å²) in [5, 5.41) is 3.82. The van der Waals surface area contributed by atoms with Gasteiger partial charge in [0, 0.05) is 17.7 Å². The lowest BCUT2D eigenvalue weighted by atomic mass is 10.1. The molecule has 1 heterocycles. The summed E-state index contributed by atoms with van der Waals surface area (Å²) in [6, 6.07) is 22.1. The monoisotopic (exact) mass is 471 g/mol. The molecule has 0 radical (unpaired) electrons. The van der Waals surface area contributed by atoms with Gasteiger partial charge in [-0.05, 0) is 48.9 Å². The highest BCUT2D eigenvalue weighted by atomic mass is 32.2. The number of nitrogens with one attached hydrogen (secondary N) is 1. The first-order chi connectivity index (χ1) is 16.4. The fraction of sp³-hybridized carbons (Fsp3) is 0.185. The van der Waals surface area contributed by atoms with Crippen LogP contribution in [0.4, 0.5) is 5.69 Å². The van der Waals surface area contributed by atoms with Gasteiger partial charge in [0.05, 0.1) is 23.2 Å². The Bertz CT molecular complexity index is 1390. The third kappa shape index (κ3) is 5.43. The summed E-state index contributed by atoms with van der Waals surface area (Å²) in [4.78, 5) is 42.4. The third-order valence-electron chi connectivity index (χ3n) is 5.43. The molecule has 3 aromatic carbocycles. The van der Waals surface area contributed by atoms with Gasteiger partial charge < -0.3 is 5.32 Å². The molecule has 0 fully saturated rings. The van der Waals surface area contributed by atoms with Crippen molar-refractivity contribution in [2.45, 2.75) is 32.0 Å². The van der Waals surface area contributed by atoms with Gasteiger partial charge in [0.2, 0.25) is 5.91 Å². The Morgan fingerprint density at radius 2 is 1.68 bits per heavy atom. The average molecular weight is 472 g/mol. The first-order valence-corrected chi connectivity index (χ1v) is 12.0. The molecule has 0 bridgehead atoms. The second-order valence-corrected chi connectivity index (χ2v) is 8.92. The Labute approximate surface area is 202 Å². The summed E-state index contributed by atoms with van der Waals surface area (Å²) in [5.74, 6) is -0.0227. The number of hydrogen-bond donors (Lipinski definition) is 1. The number of fused-ring (bicyclic) bond motifs is 1. The number of benzene rings is 3. The average Bonchev–Trinajstić information content (AvgIpc) is 2.86. The summed E-state index contributed by atoms with van der Waals surface area (Å²) < 4.78 is 1.63. The molecule has 1 N–H and O–H groups in total. The molecule has 4 aromatic rings. The van der Waals surface area contributed by atoms with E-state index in [4.69, 9.17) is 4.98 Å². The maximum atomic E-state index is 13.3. The largest absolute Gasteiger partial charge is 0.326 e. The van der Waals surface area contributed by atoms with Gasteiger partial charge in [-0.25, -0.2) is 4.98 Å². The van der Waals surface area contributed by atoms with E-state index in [0.717, 1.165) is 11.1 Å². The van der Waals surface area contributed by atoms with Gasteiger partial charge in [-0.3, -0.25) is 19.0 Å². The van der Waals surface area contributed by atoms with Gasteiger partial charge >= 0.3 is 0 Å². The van der Waals surface area contributed by atoms with Gasteiger partial charge in [-0.2, -0.15) is 0 Å². The third-order valence-corrected chi connectivity index (χ3v) is 6.41. The van der Waals surface area contributed by atoms with Crippen molar-refractivity contribution >= 4 is 40.0 Å². The lowest BCUT2D eigenvalue weighted by molar-refractivity contribution is -0.115. The number of rotatable bonds is 8. The predicted molar refractivity (Wildman–Crippen MR) is 137 cm³/mol. The quantitative estimate of drug-likeness (QED) is 0.220. The van der Waals surface area contributed by atoms with E-state index in [9.17, 15) is 14.4 Å². The van der Waals surface area contributed by atoms with Gasteiger partial charge in [-0.1, -0.05) is 60.6 Å². The second-order valence-electron chi connectivity index (χ2n) is 7.98. The van der Waals surface area contributed by atoms with Crippen LogP contribution in [0, 0.1) is 6.92 Å². The Morgan fingerprint density at radius 1 is 0.971 bits per heavy atom. The minimum Gasteiger partial charge on any atom is -0.326 e. The van der Waals surface area contributed by atoms with Crippen LogP contribution in [-0.2, 0) is 11.3 Å². The number of aryl methyl sites for hydroxylation is 1. The zero-order chi connectivity index (χ0) is 24.1. The molecule has 1 amide bonds. The molecule has 0 aliphatic rings. The van der Waals surface area contributed by atoms with E-state index in [1.807, 2.05) is 49.4 Å². The van der Waals surface area contributed by atoms with Crippen LogP contribution in [0.2, 0.25) is 0 Å². The number of amides is 1. The highest BCUT2D eigenvalue weighted by molar-refractivity contribution is 7.99. The molecule has 0 spiro atoms. The van der Waals surface area contributed by atoms with Crippen molar-refractivity contribution in [3.63, 3.8) is 0 Å². The van der Waals surface area contributed by atoms with Crippen molar-refractivity contribution in [1.82, 2.24) is 9.55 Å². The number of carbonyl (C=O) groups is 2. The van der Waals surface area contributed by atoms with Crippen molar-refractivity contribution in [3.05, 3.63) is 99.8 Å². The van der Waals surface area contributed by atoms with Crippen LogP contribution in [0.15, 0.2) is 82.7 Å². The molecule has 0 saturated carbocycles. The van der Waals surface area contributed by atoms with Crippen LogP contribution in [-0.4, -0.2) is 27.0 Å². The highest BCUT2D eigenvalue weighted by Crippen LogP contribution is 2.21. The van der Waals surface area contributed by atoms with Crippen molar-refractivity contribution < 1.29 is 9.59 Å². The Morgan fingerprint density at radius 3 is 2.38 bits per heavy atom. The standard InChI is InChI=1S/C27H25N3O3S/c1-3-25(32)28-21-14-12-20(13-15-21)24(31)17-34-27-29-23-7-5-4-6-22(23)26(33)30(27)16-19-10-8-18(2)9-11-19/h4-15H,3,16-17H2,1-2H3,(H,28,32). The number of ketones is 1. The van der Waals surface area contributed by atoms with Crippen LogP contribution in [0.25, 0.3) is 10.9 Å². The SMILES string of the molecule is CCC(=O)Nc1ccc(C(=O)CSc2nc3ccccc3c(=O)n2Cc2ccc(C)cc2)cc1. The van der Waals surface area contributed by atoms with E-state index in [0.29, 0.717) is 40.3 Å². The maximum absolute atomic E-state index is 13.3. The number of para-hydroxylation sites is 1. The van der Waals surface area contributed by atoms with E-state index >= 15 is 0 Å². The van der Waals surface area contributed by atoms with E-state index < -0.39 is 0 Å². The molecule has 4 rings (SSSR count). The zero-order valence-electron chi connectivity index (χ0n) is 19.1. The molecule has 34 heavy (non-hydrogen) atoms. The van der Waals surface area contributed by atoms with E-state index in [-0.39, 0.29) is 23.0 Å². The van der Waals surface area contributed by atoms with Gasteiger partial charge in [-0.15, -0.1) is 0 Å². The fourth-order valence-electron chi connectivity index (χ4n) is 3.48. The molecule has 1 aromatic heterocycles. The molecule has 0 atom stereocenters. The number of Topliss-reactive ketones (excluding diaryl/α,β-unsaturated/α-hetero) is 1. The Balaban J connectivity index is 1.58. The number of hydrogen-bond acceptors (Lipinski definition) is 5. The zero-order valence-corrected chi connectivity index (χ0v) is 19.9. The van der Waals surface area contributed by atoms with Crippen molar-refractivity contribution in [1.29, 1.82) is 0 Å². The van der Waals surface area contributed by atoms with Crippen molar-refractivity contribution in [2.24, 2.45) is 0 Å².